The molecule has 4 rings (SSSR count). The van der Waals surface area contributed by atoms with Gasteiger partial charge in [0.05, 0.1) is 0 Å². The average Bonchev–Trinajstić information content (AvgIpc) is 3.22. The van der Waals surface area contributed by atoms with Crippen molar-refractivity contribution in [1.82, 2.24) is 4.57 Å². The summed E-state index contributed by atoms with van der Waals surface area (Å²) in [5.41, 5.74) is 4.74. The van der Waals surface area contributed by atoms with Crippen LogP contribution in [0.25, 0.3) is 10.9 Å². The maximum Gasteiger partial charge on any atom is 0.0486 e. The molecule has 0 amide bonds. The number of para-hydroxylation sites is 1. The Balaban J connectivity index is 1.83. The van der Waals surface area contributed by atoms with Gasteiger partial charge in [0, 0.05) is 23.6 Å². The molecule has 0 saturated heterocycles. The van der Waals surface area contributed by atoms with Crippen LogP contribution in [0, 0.1) is 0 Å². The van der Waals surface area contributed by atoms with Crippen molar-refractivity contribution in [1.29, 1.82) is 0 Å². The average molecular weight is 303 g/mol. The van der Waals surface area contributed by atoms with Gasteiger partial charge in [-0.1, -0.05) is 68.3 Å². The summed E-state index contributed by atoms with van der Waals surface area (Å²) in [6.07, 6.45) is 9.17. The quantitative estimate of drug-likeness (QED) is 0.564. The highest BCUT2D eigenvalue weighted by Gasteiger charge is 2.36. The molecule has 118 valence electrons. The zero-order chi connectivity index (χ0) is 15.7. The molecule has 0 unspecified atom stereocenters. The van der Waals surface area contributed by atoms with E-state index in [1.807, 2.05) is 0 Å². The number of hydrogen-bond donors (Lipinski definition) is 0. The van der Waals surface area contributed by atoms with E-state index in [0.29, 0.717) is 5.41 Å². The van der Waals surface area contributed by atoms with E-state index in [-0.39, 0.29) is 0 Å². The molecule has 1 aliphatic rings. The Morgan fingerprint density at radius 1 is 0.913 bits per heavy atom. The van der Waals surface area contributed by atoms with Gasteiger partial charge in [-0.25, -0.2) is 0 Å². The Bertz CT molecular complexity index is 791. The molecule has 0 spiro atoms. The van der Waals surface area contributed by atoms with E-state index in [9.17, 15) is 0 Å². The van der Waals surface area contributed by atoms with Gasteiger partial charge in [-0.05, 0) is 41.9 Å². The van der Waals surface area contributed by atoms with Crippen LogP contribution in [0.2, 0.25) is 0 Å². The van der Waals surface area contributed by atoms with Crippen LogP contribution in [0.4, 0.5) is 0 Å². The Labute approximate surface area is 139 Å². The lowest BCUT2D eigenvalue weighted by molar-refractivity contribution is 0.427. The lowest BCUT2D eigenvalue weighted by Gasteiger charge is -2.27. The molecule has 0 N–H and O–H groups in total. The first-order chi connectivity index (χ1) is 11.3. The third-order valence-corrected chi connectivity index (χ3v) is 5.79. The van der Waals surface area contributed by atoms with Gasteiger partial charge in [0.1, 0.15) is 0 Å². The third kappa shape index (κ3) is 2.49. The van der Waals surface area contributed by atoms with E-state index in [0.717, 1.165) is 6.54 Å². The molecule has 1 aromatic heterocycles. The van der Waals surface area contributed by atoms with Gasteiger partial charge in [0.25, 0.3) is 0 Å². The standard InChI is InChI=1S/C22H25N/c1-2-22(14-8-9-15-22)20-17-23(16-18-10-4-3-5-11-18)21-13-7-6-12-19(20)21/h3-7,10-13,17H,2,8-9,14-16H2,1H3. The van der Waals surface area contributed by atoms with Gasteiger partial charge in [-0.3, -0.25) is 0 Å². The summed E-state index contributed by atoms with van der Waals surface area (Å²) < 4.78 is 2.45. The number of nitrogens with zero attached hydrogens (tertiary/aromatic N) is 1. The lowest BCUT2D eigenvalue weighted by atomic mass is 9.76. The molecule has 0 bridgehead atoms. The molecule has 1 heterocycles. The summed E-state index contributed by atoms with van der Waals surface area (Å²) >= 11 is 0. The van der Waals surface area contributed by atoms with Crippen LogP contribution in [0.5, 0.6) is 0 Å². The second-order valence-electron chi connectivity index (χ2n) is 7.01. The smallest absolute Gasteiger partial charge is 0.0486 e. The van der Waals surface area contributed by atoms with Crippen molar-refractivity contribution in [2.24, 2.45) is 0 Å². The zero-order valence-corrected chi connectivity index (χ0v) is 14.0. The summed E-state index contributed by atoms with van der Waals surface area (Å²) in [6.45, 7) is 3.33. The summed E-state index contributed by atoms with van der Waals surface area (Å²) in [7, 11) is 0. The van der Waals surface area contributed by atoms with Crippen LogP contribution < -0.4 is 0 Å². The van der Waals surface area contributed by atoms with Crippen molar-refractivity contribution in [3.63, 3.8) is 0 Å². The van der Waals surface area contributed by atoms with Crippen molar-refractivity contribution >= 4 is 10.9 Å². The van der Waals surface area contributed by atoms with Crippen molar-refractivity contribution in [2.75, 3.05) is 0 Å². The molecule has 1 saturated carbocycles. The van der Waals surface area contributed by atoms with Gasteiger partial charge < -0.3 is 4.57 Å². The number of benzene rings is 2. The van der Waals surface area contributed by atoms with Crippen LogP contribution in [-0.4, -0.2) is 4.57 Å². The van der Waals surface area contributed by atoms with Crippen molar-refractivity contribution in [2.45, 2.75) is 51.0 Å². The highest BCUT2D eigenvalue weighted by atomic mass is 15.0. The maximum absolute atomic E-state index is 2.45. The van der Waals surface area contributed by atoms with E-state index >= 15 is 0 Å². The van der Waals surface area contributed by atoms with Gasteiger partial charge in [-0.2, -0.15) is 0 Å². The topological polar surface area (TPSA) is 4.93 Å². The first-order valence-electron chi connectivity index (χ1n) is 8.95. The van der Waals surface area contributed by atoms with Gasteiger partial charge in [0.2, 0.25) is 0 Å². The molecular formula is C22H25N. The predicted molar refractivity (Wildman–Crippen MR) is 97.9 cm³/mol. The molecule has 1 aliphatic carbocycles. The Morgan fingerprint density at radius 3 is 2.35 bits per heavy atom. The molecule has 0 aliphatic heterocycles. The Morgan fingerprint density at radius 2 is 1.61 bits per heavy atom. The second kappa shape index (κ2) is 5.88. The lowest BCUT2D eigenvalue weighted by Crippen LogP contribution is -2.20. The fourth-order valence-corrected chi connectivity index (χ4v) is 4.45. The summed E-state index contributed by atoms with van der Waals surface area (Å²) in [5.74, 6) is 0. The molecular weight excluding hydrogens is 278 g/mol. The van der Waals surface area contributed by atoms with Crippen molar-refractivity contribution in [3.05, 3.63) is 71.9 Å². The number of aromatic nitrogens is 1. The van der Waals surface area contributed by atoms with E-state index in [1.54, 1.807) is 5.56 Å². The Hall–Kier alpha value is -2.02. The van der Waals surface area contributed by atoms with E-state index in [1.165, 1.54) is 48.6 Å². The minimum atomic E-state index is 0.404. The monoisotopic (exact) mass is 303 g/mol. The summed E-state index contributed by atoms with van der Waals surface area (Å²) in [5, 5.41) is 1.46. The summed E-state index contributed by atoms with van der Waals surface area (Å²) in [6, 6.07) is 19.8. The van der Waals surface area contributed by atoms with Crippen LogP contribution in [-0.2, 0) is 12.0 Å². The SMILES string of the molecule is CCC1(c2cn(Cc3ccccc3)c3ccccc23)CCCC1. The van der Waals surface area contributed by atoms with Crippen LogP contribution in [0.15, 0.2) is 60.8 Å². The molecule has 1 nitrogen and oxygen atoms in total. The second-order valence-corrected chi connectivity index (χ2v) is 7.01. The molecule has 23 heavy (non-hydrogen) atoms. The third-order valence-electron chi connectivity index (χ3n) is 5.79. The van der Waals surface area contributed by atoms with Crippen LogP contribution in [0.1, 0.15) is 50.2 Å². The highest BCUT2D eigenvalue weighted by Crippen LogP contribution is 2.46. The maximum atomic E-state index is 2.45. The predicted octanol–water partition coefficient (Wildman–Crippen LogP) is 5.91. The molecule has 2 aromatic carbocycles. The molecule has 1 fully saturated rings. The number of fused-ring (bicyclic) bond motifs is 1. The fourth-order valence-electron chi connectivity index (χ4n) is 4.45. The van der Waals surface area contributed by atoms with Gasteiger partial charge >= 0.3 is 0 Å². The minimum Gasteiger partial charge on any atom is -0.343 e. The largest absolute Gasteiger partial charge is 0.343 e. The zero-order valence-electron chi connectivity index (χ0n) is 14.0. The first kappa shape index (κ1) is 14.6. The van der Waals surface area contributed by atoms with Gasteiger partial charge in [0.15, 0.2) is 0 Å². The molecule has 0 radical (unpaired) electrons. The molecule has 3 aromatic rings. The van der Waals surface area contributed by atoms with E-state index in [4.69, 9.17) is 0 Å². The van der Waals surface area contributed by atoms with Crippen molar-refractivity contribution < 1.29 is 0 Å². The molecule has 1 heteroatoms. The molecule has 0 atom stereocenters. The van der Waals surface area contributed by atoms with E-state index < -0.39 is 0 Å². The normalized spacial score (nSPS) is 16.9. The van der Waals surface area contributed by atoms with Crippen LogP contribution >= 0.6 is 0 Å². The highest BCUT2D eigenvalue weighted by molar-refractivity contribution is 5.85. The fraction of sp³-hybridized carbons (Fsp3) is 0.364. The van der Waals surface area contributed by atoms with Gasteiger partial charge in [-0.15, -0.1) is 0 Å². The van der Waals surface area contributed by atoms with E-state index in [2.05, 4.69) is 72.3 Å². The number of rotatable bonds is 4. The van der Waals surface area contributed by atoms with Crippen molar-refractivity contribution in [3.8, 4) is 0 Å². The van der Waals surface area contributed by atoms with Crippen LogP contribution in [0.3, 0.4) is 0 Å². The minimum absolute atomic E-state index is 0.404. The Kier molecular flexibility index (Phi) is 3.72. The summed E-state index contributed by atoms with van der Waals surface area (Å²) in [4.78, 5) is 0. The number of hydrogen-bond acceptors (Lipinski definition) is 0. The first-order valence-corrected chi connectivity index (χ1v) is 8.95.